The minimum atomic E-state index is -0.833. The fourth-order valence-electron chi connectivity index (χ4n) is 2.80. The average Bonchev–Trinajstić information content (AvgIpc) is 3.30. The molecular weight excluding hydrogens is 396 g/mol. The topological polar surface area (TPSA) is 79.2 Å². The molecule has 2 aromatic carbocycles. The van der Waals surface area contributed by atoms with Crippen LogP contribution in [0, 0.1) is 18.3 Å². The minimum Gasteiger partial charge on any atom is -0.451 e. The number of nitriles is 1. The van der Waals surface area contributed by atoms with Crippen LogP contribution in [-0.4, -0.2) is 18.5 Å². The first-order chi connectivity index (χ1) is 14.6. The highest BCUT2D eigenvalue weighted by Gasteiger charge is 2.19. The predicted octanol–water partition coefficient (Wildman–Crippen LogP) is 4.41. The van der Waals surface area contributed by atoms with E-state index >= 15 is 0 Å². The number of aryl methyl sites for hydroxylation is 1. The zero-order chi connectivity index (χ0) is 21.3. The molecule has 0 aliphatic rings. The van der Waals surface area contributed by atoms with E-state index in [9.17, 15) is 14.9 Å². The Morgan fingerprint density at radius 2 is 1.83 bits per heavy atom. The van der Waals surface area contributed by atoms with E-state index in [2.05, 4.69) is 5.32 Å². The van der Waals surface area contributed by atoms with Crippen LogP contribution in [0.1, 0.15) is 27.6 Å². The maximum Gasteiger partial charge on any atom is 0.349 e. The molecule has 0 saturated carbocycles. The number of nitrogens with one attached hydrogen (secondary N) is 1. The highest BCUT2D eigenvalue weighted by Crippen LogP contribution is 2.25. The summed E-state index contributed by atoms with van der Waals surface area (Å²) in [6.07, 6.45) is 1.44. The van der Waals surface area contributed by atoms with E-state index in [0.717, 1.165) is 16.0 Å². The summed E-state index contributed by atoms with van der Waals surface area (Å²) in [5.41, 5.74) is 2.55. The Hall–Kier alpha value is -3.69. The lowest BCUT2D eigenvalue weighted by Gasteiger charge is -2.18. The van der Waals surface area contributed by atoms with Gasteiger partial charge in [0.15, 0.2) is 6.61 Å². The molecule has 1 atom stereocenters. The lowest BCUT2D eigenvalue weighted by atomic mass is 10.1. The van der Waals surface area contributed by atoms with Gasteiger partial charge in [0, 0.05) is 4.88 Å². The highest BCUT2D eigenvalue weighted by molar-refractivity contribution is 7.10. The number of rotatable bonds is 7. The Labute approximate surface area is 179 Å². The highest BCUT2D eigenvalue weighted by atomic mass is 32.1. The first kappa shape index (κ1) is 21.0. The van der Waals surface area contributed by atoms with Gasteiger partial charge in [-0.25, -0.2) is 4.79 Å². The summed E-state index contributed by atoms with van der Waals surface area (Å²) in [7, 11) is 0. The maximum absolute atomic E-state index is 12.4. The van der Waals surface area contributed by atoms with Crippen molar-refractivity contribution in [2.75, 3.05) is 6.61 Å². The summed E-state index contributed by atoms with van der Waals surface area (Å²) in [5, 5.41) is 14.1. The van der Waals surface area contributed by atoms with Gasteiger partial charge in [-0.1, -0.05) is 66.2 Å². The van der Waals surface area contributed by atoms with Crippen LogP contribution < -0.4 is 5.32 Å². The molecule has 0 saturated heterocycles. The molecule has 5 nitrogen and oxygen atoms in total. The summed E-state index contributed by atoms with van der Waals surface area (Å²) >= 11 is 1.53. The summed E-state index contributed by atoms with van der Waals surface area (Å²) < 4.78 is 5.07. The van der Waals surface area contributed by atoms with E-state index < -0.39 is 18.5 Å². The van der Waals surface area contributed by atoms with Gasteiger partial charge in [-0.05, 0) is 35.6 Å². The molecule has 0 aliphatic heterocycles. The van der Waals surface area contributed by atoms with Crippen LogP contribution in [0.25, 0.3) is 6.08 Å². The number of amides is 1. The quantitative estimate of drug-likeness (QED) is 0.351. The summed E-state index contributed by atoms with van der Waals surface area (Å²) in [4.78, 5) is 25.7. The average molecular weight is 417 g/mol. The smallest absolute Gasteiger partial charge is 0.349 e. The first-order valence-electron chi connectivity index (χ1n) is 9.30. The first-order valence-corrected chi connectivity index (χ1v) is 10.2. The van der Waals surface area contributed by atoms with Gasteiger partial charge in [-0.3, -0.25) is 4.79 Å². The van der Waals surface area contributed by atoms with Gasteiger partial charge >= 0.3 is 5.97 Å². The Morgan fingerprint density at radius 3 is 2.47 bits per heavy atom. The monoisotopic (exact) mass is 416 g/mol. The van der Waals surface area contributed by atoms with Crippen molar-refractivity contribution in [2.45, 2.75) is 13.0 Å². The molecule has 150 valence electrons. The molecule has 0 fully saturated rings. The Bertz CT molecular complexity index is 1070. The van der Waals surface area contributed by atoms with E-state index in [4.69, 9.17) is 4.74 Å². The van der Waals surface area contributed by atoms with Crippen LogP contribution in [-0.2, 0) is 14.3 Å². The molecule has 3 aromatic rings. The van der Waals surface area contributed by atoms with Crippen molar-refractivity contribution in [3.8, 4) is 6.07 Å². The lowest BCUT2D eigenvalue weighted by molar-refractivity contribution is -0.144. The van der Waals surface area contributed by atoms with Crippen molar-refractivity contribution in [1.29, 1.82) is 5.26 Å². The second kappa shape index (κ2) is 10.2. The third-order valence-electron chi connectivity index (χ3n) is 4.33. The number of nitrogens with zero attached hydrogens (tertiary/aromatic N) is 1. The van der Waals surface area contributed by atoms with Crippen molar-refractivity contribution in [2.24, 2.45) is 0 Å². The Kier molecular flexibility index (Phi) is 7.14. The number of ether oxygens (including phenoxy) is 1. The van der Waals surface area contributed by atoms with Crippen LogP contribution in [0.3, 0.4) is 0 Å². The van der Waals surface area contributed by atoms with E-state index in [-0.39, 0.29) is 11.6 Å². The number of benzene rings is 2. The molecule has 1 heterocycles. The molecule has 3 rings (SSSR count). The van der Waals surface area contributed by atoms with E-state index in [0.29, 0.717) is 5.56 Å². The van der Waals surface area contributed by atoms with Gasteiger partial charge in [0.1, 0.15) is 11.6 Å². The van der Waals surface area contributed by atoms with Gasteiger partial charge in [0.05, 0.1) is 6.04 Å². The summed E-state index contributed by atoms with van der Waals surface area (Å²) in [6.45, 7) is 1.48. The van der Waals surface area contributed by atoms with Crippen LogP contribution in [0.4, 0.5) is 0 Å². The van der Waals surface area contributed by atoms with E-state index in [1.165, 1.54) is 17.4 Å². The normalized spacial score (nSPS) is 11.9. The van der Waals surface area contributed by atoms with Crippen molar-refractivity contribution >= 4 is 29.3 Å². The Balaban J connectivity index is 1.64. The number of hydrogen-bond acceptors (Lipinski definition) is 5. The van der Waals surface area contributed by atoms with E-state index in [1.54, 1.807) is 12.1 Å². The third kappa shape index (κ3) is 5.66. The number of carbonyl (C=O) groups excluding carboxylic acids is 2. The lowest BCUT2D eigenvalue weighted by Crippen LogP contribution is -2.32. The van der Waals surface area contributed by atoms with Crippen LogP contribution >= 0.6 is 11.3 Å². The fraction of sp³-hybridized carbons (Fsp3) is 0.125. The van der Waals surface area contributed by atoms with Crippen molar-refractivity contribution in [3.63, 3.8) is 0 Å². The van der Waals surface area contributed by atoms with Crippen LogP contribution in [0.2, 0.25) is 0 Å². The van der Waals surface area contributed by atoms with Gasteiger partial charge in [-0.15, -0.1) is 11.3 Å². The fourth-order valence-corrected chi connectivity index (χ4v) is 3.60. The molecule has 0 unspecified atom stereocenters. The minimum absolute atomic E-state index is 0.162. The second-order valence-corrected chi connectivity index (χ2v) is 7.56. The molecule has 0 aliphatic carbocycles. The molecule has 1 amide bonds. The van der Waals surface area contributed by atoms with E-state index in [1.807, 2.05) is 73.0 Å². The van der Waals surface area contributed by atoms with Crippen LogP contribution in [0.15, 0.2) is 77.7 Å². The molecule has 0 bridgehead atoms. The van der Waals surface area contributed by atoms with Crippen molar-refractivity contribution < 1.29 is 14.3 Å². The summed E-state index contributed by atoms with van der Waals surface area (Å²) in [5.74, 6) is -1.28. The molecule has 0 spiro atoms. The summed E-state index contributed by atoms with van der Waals surface area (Å²) in [6, 6.07) is 22.3. The van der Waals surface area contributed by atoms with Crippen molar-refractivity contribution in [1.82, 2.24) is 5.32 Å². The third-order valence-corrected chi connectivity index (χ3v) is 5.27. The number of thiophene rings is 1. The van der Waals surface area contributed by atoms with Crippen molar-refractivity contribution in [3.05, 3.63) is 99.3 Å². The zero-order valence-electron chi connectivity index (χ0n) is 16.4. The van der Waals surface area contributed by atoms with Gasteiger partial charge in [0.2, 0.25) is 0 Å². The zero-order valence-corrected chi connectivity index (χ0v) is 17.2. The van der Waals surface area contributed by atoms with Crippen LogP contribution in [0.5, 0.6) is 0 Å². The van der Waals surface area contributed by atoms with Gasteiger partial charge in [0.25, 0.3) is 5.91 Å². The number of hydrogen-bond donors (Lipinski definition) is 1. The molecule has 1 N–H and O–H groups in total. The largest absolute Gasteiger partial charge is 0.451 e. The second-order valence-electron chi connectivity index (χ2n) is 6.58. The molecule has 6 heteroatoms. The predicted molar refractivity (Wildman–Crippen MR) is 116 cm³/mol. The standard InChI is InChI=1S/C24H20N2O3S/c1-17-9-11-18(12-10-17)14-20(15-25)24(28)29-16-22(27)26-23(21-8-5-13-30-21)19-6-3-2-4-7-19/h2-14,23H,16H2,1H3,(H,26,27)/b20-14+/t23-/m0/s1. The maximum atomic E-state index is 12.4. The number of esters is 1. The number of carbonyl (C=O) groups is 2. The molecular formula is C24H20N2O3S. The Morgan fingerprint density at radius 1 is 1.10 bits per heavy atom. The van der Waals surface area contributed by atoms with Gasteiger partial charge < -0.3 is 10.1 Å². The van der Waals surface area contributed by atoms with Gasteiger partial charge in [-0.2, -0.15) is 5.26 Å². The molecule has 30 heavy (non-hydrogen) atoms. The SMILES string of the molecule is Cc1ccc(/C=C(\C#N)C(=O)OCC(=O)N[C@@H](c2ccccc2)c2cccs2)cc1. The molecule has 0 radical (unpaired) electrons. The molecule has 1 aromatic heterocycles.